The van der Waals surface area contributed by atoms with Crippen molar-refractivity contribution in [3.63, 3.8) is 0 Å². The fraction of sp³-hybridized carbons (Fsp3) is 0.579. The molecule has 3 atom stereocenters. The van der Waals surface area contributed by atoms with E-state index in [0.717, 1.165) is 24.1 Å². The number of rotatable bonds is 2. The lowest BCUT2D eigenvalue weighted by atomic mass is 9.80. The summed E-state index contributed by atoms with van der Waals surface area (Å²) < 4.78 is 5.59. The molecule has 3 aliphatic heterocycles. The maximum absolute atomic E-state index is 12.8. The number of nitrogens with zero attached hydrogens (tertiary/aromatic N) is 1. The van der Waals surface area contributed by atoms with Crippen molar-refractivity contribution in [2.45, 2.75) is 37.8 Å². The number of ether oxygens (including phenoxy) is 1. The highest BCUT2D eigenvalue weighted by molar-refractivity contribution is 6.31. The zero-order valence-corrected chi connectivity index (χ0v) is 15.6. The first-order valence-electron chi connectivity index (χ1n) is 9.28. The Hall–Kier alpha value is -1.63. The molecule has 0 aliphatic carbocycles. The van der Waals surface area contributed by atoms with Gasteiger partial charge in [0.2, 0.25) is 11.8 Å². The number of piperidine rings is 1. The fourth-order valence-electron chi connectivity index (χ4n) is 4.39. The van der Waals surface area contributed by atoms with Gasteiger partial charge in [0.15, 0.2) is 0 Å². The first-order chi connectivity index (χ1) is 12.5. The van der Waals surface area contributed by atoms with Crippen molar-refractivity contribution < 1.29 is 14.3 Å². The van der Waals surface area contributed by atoms with Gasteiger partial charge in [-0.15, -0.1) is 0 Å². The normalized spacial score (nSPS) is 29.4. The topological polar surface area (TPSA) is 70.7 Å². The van der Waals surface area contributed by atoms with Gasteiger partial charge < -0.3 is 20.3 Å². The lowest BCUT2D eigenvalue weighted by Gasteiger charge is -2.38. The van der Waals surface area contributed by atoms with E-state index in [9.17, 15) is 9.59 Å². The highest BCUT2D eigenvalue weighted by Gasteiger charge is 2.40. The van der Waals surface area contributed by atoms with E-state index in [2.05, 4.69) is 10.6 Å². The molecule has 140 valence electrons. The number of nitrogens with one attached hydrogen (secondary N) is 2. The van der Waals surface area contributed by atoms with E-state index in [1.807, 2.05) is 30.0 Å². The van der Waals surface area contributed by atoms with Crippen molar-refractivity contribution in [1.29, 1.82) is 0 Å². The molecule has 4 rings (SSSR count). The molecule has 2 saturated heterocycles. The Morgan fingerprint density at radius 3 is 2.81 bits per heavy atom. The van der Waals surface area contributed by atoms with Crippen LogP contribution >= 0.6 is 11.6 Å². The number of amides is 2. The van der Waals surface area contributed by atoms with E-state index in [-0.39, 0.29) is 35.8 Å². The van der Waals surface area contributed by atoms with Gasteiger partial charge >= 0.3 is 0 Å². The summed E-state index contributed by atoms with van der Waals surface area (Å²) in [5.41, 5.74) is 1.85. The van der Waals surface area contributed by atoms with Crippen molar-refractivity contribution in [3.05, 3.63) is 28.8 Å². The first kappa shape index (κ1) is 17.8. The smallest absolute Gasteiger partial charge is 0.242 e. The van der Waals surface area contributed by atoms with Crippen LogP contribution in [0.1, 0.15) is 31.2 Å². The molecule has 0 bridgehead atoms. The second kappa shape index (κ2) is 7.18. The highest BCUT2D eigenvalue weighted by atomic mass is 35.5. The molecule has 0 saturated carbocycles. The monoisotopic (exact) mass is 377 g/mol. The van der Waals surface area contributed by atoms with Crippen LogP contribution in [0, 0.1) is 5.92 Å². The minimum atomic E-state index is -0.266. The number of benzene rings is 1. The molecule has 3 aliphatic rings. The minimum absolute atomic E-state index is 0.0445. The molecule has 1 aromatic carbocycles. The van der Waals surface area contributed by atoms with Gasteiger partial charge in [0.1, 0.15) is 6.04 Å². The molecule has 1 unspecified atom stereocenters. The van der Waals surface area contributed by atoms with Gasteiger partial charge in [-0.3, -0.25) is 9.59 Å². The molecular formula is C19H24ClN3O3. The summed E-state index contributed by atoms with van der Waals surface area (Å²) >= 11 is 6.03. The van der Waals surface area contributed by atoms with Crippen LogP contribution in [0.15, 0.2) is 18.2 Å². The third-order valence-electron chi connectivity index (χ3n) is 5.80. The number of hydrogen-bond donors (Lipinski definition) is 2. The predicted molar refractivity (Wildman–Crippen MR) is 99.3 cm³/mol. The second-order valence-corrected chi connectivity index (χ2v) is 7.81. The van der Waals surface area contributed by atoms with Crippen molar-refractivity contribution in [1.82, 2.24) is 10.2 Å². The number of halogens is 1. The van der Waals surface area contributed by atoms with Crippen LogP contribution in [0.3, 0.4) is 0 Å². The summed E-state index contributed by atoms with van der Waals surface area (Å²) in [4.78, 5) is 27.2. The Balaban J connectivity index is 1.41. The van der Waals surface area contributed by atoms with E-state index in [1.54, 1.807) is 0 Å². The Morgan fingerprint density at radius 2 is 2.08 bits per heavy atom. The van der Waals surface area contributed by atoms with Crippen LogP contribution in [0.4, 0.5) is 5.69 Å². The maximum atomic E-state index is 12.8. The summed E-state index contributed by atoms with van der Waals surface area (Å²) in [5, 5.41) is 6.84. The van der Waals surface area contributed by atoms with E-state index >= 15 is 0 Å². The van der Waals surface area contributed by atoms with Gasteiger partial charge in [0.05, 0.1) is 18.6 Å². The Morgan fingerprint density at radius 1 is 1.31 bits per heavy atom. The van der Waals surface area contributed by atoms with Crippen LogP contribution in [-0.2, 0) is 14.3 Å². The lowest BCUT2D eigenvalue weighted by Crippen LogP contribution is -2.57. The Bertz CT molecular complexity index is 718. The molecule has 1 aromatic rings. The molecule has 3 heterocycles. The summed E-state index contributed by atoms with van der Waals surface area (Å²) in [7, 11) is 0. The van der Waals surface area contributed by atoms with Gasteiger partial charge in [-0.05, 0) is 43.4 Å². The standard InChI is InChI=1S/C19H24ClN3O3/c1-11-17(21-6-9-26-11)19(25)23-7-4-12(5-8-23)16-14-3-2-13(20)10-15(14)22-18(16)24/h2-3,10-12,16-17,21H,4-9H2,1H3,(H,22,24)/t11-,16?,17+/m1/s1. The predicted octanol–water partition coefficient (Wildman–Crippen LogP) is 1.99. The van der Waals surface area contributed by atoms with Crippen molar-refractivity contribution >= 4 is 29.1 Å². The van der Waals surface area contributed by atoms with E-state index in [0.29, 0.717) is 31.3 Å². The zero-order chi connectivity index (χ0) is 18.3. The summed E-state index contributed by atoms with van der Waals surface area (Å²) in [6, 6.07) is 5.33. The molecule has 6 nitrogen and oxygen atoms in total. The van der Waals surface area contributed by atoms with Crippen molar-refractivity contribution in [3.8, 4) is 0 Å². The molecule has 0 radical (unpaired) electrons. The number of hydrogen-bond acceptors (Lipinski definition) is 4. The van der Waals surface area contributed by atoms with E-state index in [1.165, 1.54) is 0 Å². The second-order valence-electron chi connectivity index (χ2n) is 7.37. The van der Waals surface area contributed by atoms with Crippen LogP contribution < -0.4 is 10.6 Å². The first-order valence-corrected chi connectivity index (χ1v) is 9.66. The zero-order valence-electron chi connectivity index (χ0n) is 14.8. The number of anilines is 1. The average molecular weight is 378 g/mol. The number of carbonyl (C=O) groups is 2. The number of morpholine rings is 1. The number of likely N-dealkylation sites (tertiary alicyclic amines) is 1. The quantitative estimate of drug-likeness (QED) is 0.827. The van der Waals surface area contributed by atoms with Gasteiger partial charge in [-0.2, -0.15) is 0 Å². The van der Waals surface area contributed by atoms with Gasteiger partial charge in [0, 0.05) is 30.3 Å². The van der Waals surface area contributed by atoms with Crippen LogP contribution in [0.5, 0.6) is 0 Å². The summed E-state index contributed by atoms with van der Waals surface area (Å²) in [6.07, 6.45) is 1.55. The third kappa shape index (κ3) is 3.21. The molecule has 0 spiro atoms. The number of carbonyl (C=O) groups excluding carboxylic acids is 2. The number of fused-ring (bicyclic) bond motifs is 1. The molecule has 2 amide bonds. The minimum Gasteiger partial charge on any atom is -0.375 e. The fourth-order valence-corrected chi connectivity index (χ4v) is 4.56. The molecule has 2 N–H and O–H groups in total. The van der Waals surface area contributed by atoms with E-state index < -0.39 is 0 Å². The average Bonchev–Trinajstić information content (AvgIpc) is 2.96. The van der Waals surface area contributed by atoms with Crippen LogP contribution in [-0.4, -0.2) is 55.1 Å². The molecule has 26 heavy (non-hydrogen) atoms. The summed E-state index contributed by atoms with van der Waals surface area (Å²) in [5.74, 6) is 0.255. The highest BCUT2D eigenvalue weighted by Crippen LogP contribution is 2.42. The Labute approximate surface area is 158 Å². The van der Waals surface area contributed by atoms with Crippen LogP contribution in [0.25, 0.3) is 0 Å². The molecular weight excluding hydrogens is 354 g/mol. The Kier molecular flexibility index (Phi) is 4.90. The molecule has 2 fully saturated rings. The SMILES string of the molecule is C[C@H]1OCCN[C@@H]1C(=O)N1CCC(C2C(=O)Nc3cc(Cl)ccc32)CC1. The van der Waals surface area contributed by atoms with Crippen LogP contribution in [0.2, 0.25) is 5.02 Å². The van der Waals surface area contributed by atoms with Gasteiger partial charge in [-0.25, -0.2) is 0 Å². The largest absolute Gasteiger partial charge is 0.375 e. The maximum Gasteiger partial charge on any atom is 0.242 e. The lowest BCUT2D eigenvalue weighted by molar-refractivity contribution is -0.141. The van der Waals surface area contributed by atoms with Gasteiger partial charge in [-0.1, -0.05) is 17.7 Å². The van der Waals surface area contributed by atoms with Gasteiger partial charge in [0.25, 0.3) is 0 Å². The molecule has 7 heteroatoms. The summed E-state index contributed by atoms with van der Waals surface area (Å²) in [6.45, 7) is 4.65. The van der Waals surface area contributed by atoms with Crippen molar-refractivity contribution in [2.24, 2.45) is 5.92 Å². The van der Waals surface area contributed by atoms with Crippen molar-refractivity contribution in [2.75, 3.05) is 31.6 Å². The van der Waals surface area contributed by atoms with E-state index in [4.69, 9.17) is 16.3 Å². The third-order valence-corrected chi connectivity index (χ3v) is 6.03. The molecule has 0 aromatic heterocycles.